The van der Waals surface area contributed by atoms with Gasteiger partial charge in [-0.1, -0.05) is 198 Å². The van der Waals surface area contributed by atoms with E-state index in [2.05, 4.69) is 131 Å². The van der Waals surface area contributed by atoms with Crippen LogP contribution in [0.4, 0.5) is 51.2 Å². The van der Waals surface area contributed by atoms with Crippen LogP contribution in [0.15, 0.2) is 182 Å². The maximum Gasteiger partial charge on any atom is 0.252 e. The van der Waals surface area contributed by atoms with Crippen LogP contribution in [0.25, 0.3) is 11.1 Å². The highest BCUT2D eigenvalue weighted by molar-refractivity contribution is 7.00. The smallest absolute Gasteiger partial charge is 0.252 e. The Kier molecular flexibility index (Phi) is 8.79. The van der Waals surface area contributed by atoms with Gasteiger partial charge in [0.2, 0.25) is 0 Å². The van der Waals surface area contributed by atoms with Gasteiger partial charge in [0, 0.05) is 45.4 Å². The molecular weight excluding hydrogens is 822 g/mol. The first-order chi connectivity index (χ1) is 35.6. The van der Waals surface area contributed by atoms with Crippen molar-refractivity contribution in [3.05, 3.63) is 204 Å². The molecule has 0 aromatic heterocycles. The Balaban J connectivity index is 1.44. The number of para-hydroxylation sites is 2. The molecule has 0 spiro atoms. The van der Waals surface area contributed by atoms with Gasteiger partial charge in [0.15, 0.2) is 0 Å². The van der Waals surface area contributed by atoms with Gasteiger partial charge >= 0.3 is 0 Å². The zero-order chi connectivity index (χ0) is 54.9. The minimum atomic E-state index is -0.709. The molecule has 0 N–H and O–H groups in total. The quantitative estimate of drug-likeness (QED) is 0.154. The van der Waals surface area contributed by atoms with E-state index in [0.29, 0.717) is 39.6 Å². The Morgan fingerprint density at radius 2 is 0.809 bits per heavy atom. The zero-order valence-electron chi connectivity index (χ0n) is 49.6. The zero-order valence-corrected chi connectivity index (χ0v) is 41.6. The molecule has 8 aromatic carbocycles. The fraction of sp³-hybridized carbons (Fsp3) is 0.250. The third-order valence-corrected chi connectivity index (χ3v) is 13.5. The molecule has 2 aliphatic rings. The topological polar surface area (TPSA) is 9.72 Å². The van der Waals surface area contributed by atoms with Crippen molar-refractivity contribution in [3.63, 3.8) is 0 Å². The summed E-state index contributed by atoms with van der Waals surface area (Å²) >= 11 is 0. The fourth-order valence-corrected chi connectivity index (χ4v) is 9.66. The van der Waals surface area contributed by atoms with Crippen LogP contribution >= 0.6 is 0 Å². The van der Waals surface area contributed by atoms with Crippen LogP contribution in [0.2, 0.25) is 0 Å². The first kappa shape index (κ1) is 36.3. The van der Waals surface area contributed by atoms with Gasteiger partial charge in [-0.3, -0.25) is 0 Å². The number of nitrogens with zero attached hydrogens (tertiary/aromatic N) is 3. The average molecular weight is 896 g/mol. The highest BCUT2D eigenvalue weighted by Gasteiger charge is 2.45. The Bertz CT molecular complexity index is 3410. The molecule has 4 heteroatoms. The van der Waals surface area contributed by atoms with Crippen molar-refractivity contribution in [1.29, 1.82) is 0 Å². The van der Waals surface area contributed by atoms with Crippen molar-refractivity contribution in [1.82, 2.24) is 0 Å². The van der Waals surface area contributed by atoms with Crippen LogP contribution in [0.1, 0.15) is 116 Å². The summed E-state index contributed by atoms with van der Waals surface area (Å²) in [5, 5.41) is 0. The van der Waals surface area contributed by atoms with E-state index < -0.39 is 17.5 Å². The lowest BCUT2D eigenvalue weighted by Crippen LogP contribution is -2.61. The summed E-state index contributed by atoms with van der Waals surface area (Å²) in [6.45, 7) is 24.0. The molecule has 0 bridgehead atoms. The maximum absolute atomic E-state index is 10.0. The number of rotatable bonds is 6. The molecule has 0 fully saturated rings. The molecule has 2 aliphatic heterocycles. The van der Waals surface area contributed by atoms with Crippen molar-refractivity contribution in [2.24, 2.45) is 0 Å². The molecule has 8 aromatic rings. The van der Waals surface area contributed by atoms with Crippen LogP contribution in [-0.2, 0) is 21.7 Å². The number of anilines is 9. The van der Waals surface area contributed by atoms with Crippen molar-refractivity contribution in [2.45, 2.75) is 105 Å². The summed E-state index contributed by atoms with van der Waals surface area (Å²) in [6, 6.07) is 44.4. The van der Waals surface area contributed by atoms with E-state index in [9.17, 15) is 11.0 Å². The molecule has 0 unspecified atom stereocenters. The Labute approximate surface area is 418 Å². The second kappa shape index (κ2) is 16.5. The predicted octanol–water partition coefficient (Wildman–Crippen LogP) is 16.1. The van der Waals surface area contributed by atoms with Gasteiger partial charge in [-0.05, 0) is 132 Å². The molecule has 0 amide bonds. The third-order valence-electron chi connectivity index (χ3n) is 13.5. The molecular formula is C64H66BN3. The molecule has 0 saturated carbocycles. The number of benzene rings is 8. The Morgan fingerprint density at radius 1 is 0.397 bits per heavy atom. The molecule has 10 rings (SSSR count). The van der Waals surface area contributed by atoms with E-state index in [0.717, 1.165) is 50.0 Å². The minimum absolute atomic E-state index is 0.0982. The summed E-state index contributed by atoms with van der Waals surface area (Å²) in [6.07, 6.45) is 0. The van der Waals surface area contributed by atoms with E-state index in [1.54, 1.807) is 0 Å². The van der Waals surface area contributed by atoms with Crippen LogP contribution in [0.5, 0.6) is 0 Å². The first-order valence-corrected chi connectivity index (χ1v) is 23.9. The number of fused-ring (bicyclic) bond motifs is 4. The van der Waals surface area contributed by atoms with Gasteiger partial charge in [0.05, 0.1) is 22.3 Å². The first-order valence-electron chi connectivity index (χ1n) is 27.9. The Hall–Kier alpha value is -6.78. The number of hydrogen-bond acceptors (Lipinski definition) is 3. The average Bonchev–Trinajstić information content (AvgIpc) is 3.38. The standard InChI is InChI=1S/C64H66BN3/c1-61(2,3)44-27-33-49(34-28-44)67-56-37-31-46(63(7,8)9)39-53(56)65-54-40-47(64(10,11)12)32-38-57(54)68(50-35-29-45(30-36-50)62(4,5)6)59-42-51(41-58(67)60(59)65)66(48-23-17-14-18-24-48)55-26-20-19-25-52(55)43-21-15-13-16-22-43/h13-42H,1-12H3/i27D,28D,29D,30D,33D,34D,35D,36D. The second-order valence-electron chi connectivity index (χ2n) is 22.6. The van der Waals surface area contributed by atoms with Crippen LogP contribution in [0, 0.1) is 0 Å². The van der Waals surface area contributed by atoms with Crippen molar-refractivity contribution in [2.75, 3.05) is 14.7 Å². The molecule has 68 heavy (non-hydrogen) atoms. The van der Waals surface area contributed by atoms with E-state index in [-0.39, 0.29) is 70.5 Å². The van der Waals surface area contributed by atoms with Crippen molar-refractivity contribution >= 4 is 74.3 Å². The van der Waals surface area contributed by atoms with Gasteiger partial charge in [-0.15, -0.1) is 0 Å². The predicted molar refractivity (Wildman–Crippen MR) is 295 cm³/mol. The highest BCUT2D eigenvalue weighted by atomic mass is 15.2. The summed E-state index contributed by atoms with van der Waals surface area (Å²) in [7, 11) is 0. The lowest BCUT2D eigenvalue weighted by atomic mass is 9.33. The highest BCUT2D eigenvalue weighted by Crippen LogP contribution is 2.50. The van der Waals surface area contributed by atoms with E-state index in [4.69, 9.17) is 0 Å². The molecule has 0 saturated heterocycles. The summed E-state index contributed by atoms with van der Waals surface area (Å²) in [4.78, 5) is 6.04. The van der Waals surface area contributed by atoms with E-state index in [1.807, 2.05) is 99.9 Å². The number of hydrogen-bond donors (Lipinski definition) is 0. The van der Waals surface area contributed by atoms with Crippen LogP contribution in [-0.4, -0.2) is 6.71 Å². The van der Waals surface area contributed by atoms with Gasteiger partial charge < -0.3 is 14.7 Å². The minimum Gasteiger partial charge on any atom is -0.311 e. The Morgan fingerprint density at radius 3 is 1.25 bits per heavy atom. The van der Waals surface area contributed by atoms with Crippen LogP contribution in [0.3, 0.4) is 0 Å². The SMILES string of the molecule is [2H]c1c([2H])c(C(C)(C)C)c([2H])c([2H])c1N1c2ccc(C(C)(C)C)cc2B2c3cc(C(C)(C)C)ccc3N(c3c([2H])c([2H])c(C(C)(C)C)c([2H])c3[2H])c3cc(N(c4ccccc4)c4ccccc4-c4ccccc4)cc1c32. The van der Waals surface area contributed by atoms with Gasteiger partial charge in [0.1, 0.15) is 0 Å². The van der Waals surface area contributed by atoms with Crippen LogP contribution < -0.4 is 31.1 Å². The summed E-state index contributed by atoms with van der Waals surface area (Å²) in [5.41, 5.74) is 10.4. The third kappa shape index (κ3) is 8.02. The van der Waals surface area contributed by atoms with Crippen molar-refractivity contribution < 1.29 is 11.0 Å². The molecule has 340 valence electrons. The lowest BCUT2D eigenvalue weighted by Gasteiger charge is -2.45. The van der Waals surface area contributed by atoms with Gasteiger partial charge in [0.25, 0.3) is 6.71 Å². The van der Waals surface area contributed by atoms with E-state index in [1.165, 1.54) is 0 Å². The summed E-state index contributed by atoms with van der Waals surface area (Å²) in [5.74, 6) is 0. The molecule has 3 nitrogen and oxygen atoms in total. The lowest BCUT2D eigenvalue weighted by molar-refractivity contribution is 0.590. The summed E-state index contributed by atoms with van der Waals surface area (Å²) < 4.78 is 78.7. The fourth-order valence-electron chi connectivity index (χ4n) is 9.66. The molecule has 0 atom stereocenters. The largest absolute Gasteiger partial charge is 0.311 e. The second-order valence-corrected chi connectivity index (χ2v) is 22.6. The molecule has 0 radical (unpaired) electrons. The van der Waals surface area contributed by atoms with Crippen molar-refractivity contribution in [3.8, 4) is 11.1 Å². The maximum atomic E-state index is 10.0. The molecule has 0 aliphatic carbocycles. The molecule has 2 heterocycles. The van der Waals surface area contributed by atoms with E-state index >= 15 is 0 Å². The normalized spacial score (nSPS) is 15.1. The van der Waals surface area contributed by atoms with Gasteiger partial charge in [-0.25, -0.2) is 0 Å². The van der Waals surface area contributed by atoms with Gasteiger partial charge in [-0.2, -0.15) is 0 Å². The monoisotopic (exact) mass is 896 g/mol.